The fraction of sp³-hybridized carbons (Fsp3) is 0.125. The van der Waals surface area contributed by atoms with Gasteiger partial charge in [0.1, 0.15) is 11.3 Å². The van der Waals surface area contributed by atoms with E-state index in [9.17, 15) is 23.1 Å². The maximum absolute atomic E-state index is 12.1. The SMILES string of the molecule is C[C@H](OC(=O)c1ccc(Cl)cc1O)C(=O)Nc1ccc(S(N)(=O)=O)cc1. The number of sulfonamides is 1. The lowest BCUT2D eigenvalue weighted by Gasteiger charge is -2.14. The van der Waals surface area contributed by atoms with Crippen molar-refractivity contribution in [2.24, 2.45) is 5.14 Å². The fourth-order valence-electron chi connectivity index (χ4n) is 1.93. The van der Waals surface area contributed by atoms with E-state index in [1.54, 1.807) is 0 Å². The monoisotopic (exact) mass is 398 g/mol. The molecule has 1 atom stereocenters. The van der Waals surface area contributed by atoms with E-state index >= 15 is 0 Å². The van der Waals surface area contributed by atoms with Gasteiger partial charge in [0.25, 0.3) is 5.91 Å². The van der Waals surface area contributed by atoms with Gasteiger partial charge in [0.05, 0.1) is 4.90 Å². The number of carbonyl (C=O) groups excluding carboxylic acids is 2. The van der Waals surface area contributed by atoms with Gasteiger partial charge in [0, 0.05) is 10.7 Å². The van der Waals surface area contributed by atoms with Gasteiger partial charge in [-0.3, -0.25) is 4.79 Å². The predicted octanol–water partition coefficient (Wildman–Crippen LogP) is 1.88. The Bertz CT molecular complexity index is 944. The summed E-state index contributed by atoms with van der Waals surface area (Å²) < 4.78 is 27.4. The van der Waals surface area contributed by atoms with Gasteiger partial charge >= 0.3 is 5.97 Å². The maximum Gasteiger partial charge on any atom is 0.342 e. The number of nitrogens with one attached hydrogen (secondary N) is 1. The molecular formula is C16H15ClN2O6S. The molecule has 0 bridgehead atoms. The van der Waals surface area contributed by atoms with E-state index in [4.69, 9.17) is 21.5 Å². The Kier molecular flexibility index (Phi) is 5.86. The zero-order valence-corrected chi connectivity index (χ0v) is 15.0. The Morgan fingerprint density at radius 3 is 2.35 bits per heavy atom. The molecule has 2 aromatic rings. The first kappa shape index (κ1) is 19.7. The number of carbonyl (C=O) groups is 2. The quantitative estimate of drug-likeness (QED) is 0.658. The molecule has 0 aliphatic carbocycles. The van der Waals surface area contributed by atoms with Gasteiger partial charge in [0.2, 0.25) is 10.0 Å². The van der Waals surface area contributed by atoms with Crippen molar-refractivity contribution in [2.75, 3.05) is 5.32 Å². The number of phenolic OH excluding ortho intramolecular Hbond substituents is 1. The molecule has 8 nitrogen and oxygen atoms in total. The largest absolute Gasteiger partial charge is 0.507 e. The number of amides is 1. The van der Waals surface area contributed by atoms with Gasteiger partial charge in [-0.2, -0.15) is 0 Å². The molecule has 0 aliphatic rings. The van der Waals surface area contributed by atoms with Crippen molar-refractivity contribution >= 4 is 39.2 Å². The summed E-state index contributed by atoms with van der Waals surface area (Å²) in [6.07, 6.45) is -1.17. The number of ether oxygens (including phenoxy) is 1. The minimum absolute atomic E-state index is 0.104. The van der Waals surface area contributed by atoms with Gasteiger partial charge in [0.15, 0.2) is 6.10 Å². The number of hydrogen-bond donors (Lipinski definition) is 3. The first-order valence-corrected chi connectivity index (χ1v) is 9.13. The minimum atomic E-state index is -3.83. The summed E-state index contributed by atoms with van der Waals surface area (Å²) in [5.41, 5.74) is 0.159. The molecule has 0 unspecified atom stereocenters. The van der Waals surface area contributed by atoms with Crippen molar-refractivity contribution in [1.29, 1.82) is 0 Å². The molecule has 1 amide bonds. The average Bonchev–Trinajstić information content (AvgIpc) is 2.54. The first-order valence-electron chi connectivity index (χ1n) is 7.21. The summed E-state index contributed by atoms with van der Waals surface area (Å²) >= 11 is 5.69. The molecule has 0 saturated carbocycles. The van der Waals surface area contributed by atoms with Crippen LogP contribution in [0.3, 0.4) is 0 Å². The van der Waals surface area contributed by atoms with E-state index in [1.165, 1.54) is 49.4 Å². The summed E-state index contributed by atoms with van der Waals surface area (Å²) in [7, 11) is -3.83. The summed E-state index contributed by atoms with van der Waals surface area (Å²) in [5.74, 6) is -1.91. The molecular weight excluding hydrogens is 384 g/mol. The van der Waals surface area contributed by atoms with Crippen molar-refractivity contribution in [3.8, 4) is 5.75 Å². The predicted molar refractivity (Wildman–Crippen MR) is 94.4 cm³/mol. The zero-order chi connectivity index (χ0) is 19.5. The fourth-order valence-corrected chi connectivity index (χ4v) is 2.61. The topological polar surface area (TPSA) is 136 Å². The van der Waals surface area contributed by atoms with Crippen molar-refractivity contribution in [1.82, 2.24) is 0 Å². The van der Waals surface area contributed by atoms with Crippen LogP contribution in [0, 0.1) is 0 Å². The summed E-state index contributed by atoms with van der Waals surface area (Å²) in [4.78, 5) is 24.0. The van der Waals surface area contributed by atoms with Gasteiger partial charge in [-0.1, -0.05) is 11.6 Å². The zero-order valence-electron chi connectivity index (χ0n) is 13.5. The molecule has 0 aliphatic heterocycles. The van der Waals surface area contributed by atoms with E-state index in [1.807, 2.05) is 0 Å². The number of hydrogen-bond acceptors (Lipinski definition) is 6. The van der Waals surface area contributed by atoms with E-state index in [0.29, 0.717) is 5.69 Å². The van der Waals surface area contributed by atoms with Crippen LogP contribution in [0.4, 0.5) is 5.69 Å². The molecule has 0 heterocycles. The van der Waals surface area contributed by atoms with E-state index in [-0.39, 0.29) is 21.2 Å². The molecule has 2 aromatic carbocycles. The molecule has 0 fully saturated rings. The number of anilines is 1. The number of primary sulfonamides is 1. The Balaban J connectivity index is 2.02. The van der Waals surface area contributed by atoms with Crippen LogP contribution in [0.5, 0.6) is 5.75 Å². The Hall–Kier alpha value is -2.62. The second-order valence-electron chi connectivity index (χ2n) is 5.27. The van der Waals surface area contributed by atoms with Crippen LogP contribution < -0.4 is 10.5 Å². The minimum Gasteiger partial charge on any atom is -0.507 e. The first-order chi connectivity index (χ1) is 12.1. The van der Waals surface area contributed by atoms with Crippen LogP contribution in [0.2, 0.25) is 5.02 Å². The second-order valence-corrected chi connectivity index (χ2v) is 7.27. The lowest BCUT2D eigenvalue weighted by Crippen LogP contribution is -2.30. The van der Waals surface area contributed by atoms with Crippen molar-refractivity contribution in [3.63, 3.8) is 0 Å². The van der Waals surface area contributed by atoms with Crippen LogP contribution in [0.1, 0.15) is 17.3 Å². The van der Waals surface area contributed by atoms with Crippen molar-refractivity contribution in [2.45, 2.75) is 17.9 Å². The molecule has 0 radical (unpaired) electrons. The van der Waals surface area contributed by atoms with Gasteiger partial charge in [-0.25, -0.2) is 18.4 Å². The smallest absolute Gasteiger partial charge is 0.342 e. The number of aromatic hydroxyl groups is 1. The lowest BCUT2D eigenvalue weighted by molar-refractivity contribution is -0.123. The highest BCUT2D eigenvalue weighted by Crippen LogP contribution is 2.23. The average molecular weight is 399 g/mol. The van der Waals surface area contributed by atoms with Gasteiger partial charge in [-0.15, -0.1) is 0 Å². The van der Waals surface area contributed by atoms with Gasteiger partial charge < -0.3 is 15.2 Å². The van der Waals surface area contributed by atoms with Crippen LogP contribution >= 0.6 is 11.6 Å². The highest BCUT2D eigenvalue weighted by molar-refractivity contribution is 7.89. The molecule has 10 heteroatoms. The number of halogens is 1. The highest BCUT2D eigenvalue weighted by Gasteiger charge is 2.21. The Morgan fingerprint density at radius 2 is 1.81 bits per heavy atom. The number of benzene rings is 2. The van der Waals surface area contributed by atoms with Crippen LogP contribution in [0.25, 0.3) is 0 Å². The van der Waals surface area contributed by atoms with E-state index in [2.05, 4.69) is 5.32 Å². The second kappa shape index (κ2) is 7.73. The van der Waals surface area contributed by atoms with Crippen LogP contribution in [-0.2, 0) is 19.6 Å². The molecule has 138 valence electrons. The van der Waals surface area contributed by atoms with Crippen molar-refractivity contribution < 1.29 is 27.9 Å². The third-order valence-electron chi connectivity index (χ3n) is 3.28. The standard InChI is InChI=1S/C16H15ClN2O6S/c1-9(25-16(22)13-7-2-10(17)8-14(13)20)15(21)19-11-3-5-12(6-4-11)26(18,23)24/h2-9,20H,1H3,(H,19,21)(H2,18,23,24)/t9-/m0/s1. The number of esters is 1. The van der Waals surface area contributed by atoms with Crippen LogP contribution in [0.15, 0.2) is 47.4 Å². The molecule has 2 rings (SSSR count). The molecule has 0 saturated heterocycles. The number of phenols is 1. The summed E-state index contributed by atoms with van der Waals surface area (Å²) in [5, 5.41) is 17.4. The summed E-state index contributed by atoms with van der Waals surface area (Å²) in [6.45, 7) is 1.35. The summed E-state index contributed by atoms with van der Waals surface area (Å²) in [6, 6.07) is 9.00. The normalized spacial score (nSPS) is 12.3. The van der Waals surface area contributed by atoms with Crippen LogP contribution in [-0.4, -0.2) is 31.5 Å². The molecule has 0 spiro atoms. The third kappa shape index (κ3) is 4.94. The molecule has 0 aromatic heterocycles. The number of nitrogens with two attached hydrogens (primary N) is 1. The Labute approximate surface area is 154 Å². The number of rotatable bonds is 5. The highest BCUT2D eigenvalue weighted by atomic mass is 35.5. The maximum atomic E-state index is 12.1. The van der Waals surface area contributed by atoms with E-state index < -0.39 is 28.0 Å². The van der Waals surface area contributed by atoms with E-state index in [0.717, 1.165) is 0 Å². The Morgan fingerprint density at radius 1 is 1.19 bits per heavy atom. The third-order valence-corrected chi connectivity index (χ3v) is 4.45. The van der Waals surface area contributed by atoms with Gasteiger partial charge in [-0.05, 0) is 49.4 Å². The van der Waals surface area contributed by atoms with Crippen molar-refractivity contribution in [3.05, 3.63) is 53.1 Å². The molecule has 4 N–H and O–H groups in total. The lowest BCUT2D eigenvalue weighted by atomic mass is 10.2. The molecule has 26 heavy (non-hydrogen) atoms.